The third-order valence-electron chi connectivity index (χ3n) is 2.82. The third kappa shape index (κ3) is 5.38. The Morgan fingerprint density at radius 2 is 1.95 bits per heavy atom. The highest BCUT2D eigenvalue weighted by Crippen LogP contribution is 2.18. The predicted molar refractivity (Wildman–Crippen MR) is 83.7 cm³/mol. The number of benzene rings is 1. The summed E-state index contributed by atoms with van der Waals surface area (Å²) in [6.45, 7) is 4.41. The molecule has 0 aliphatic rings. The van der Waals surface area contributed by atoms with Crippen LogP contribution in [0.5, 0.6) is 5.75 Å². The number of sulfonamides is 1. The van der Waals surface area contributed by atoms with E-state index in [0.29, 0.717) is 12.4 Å². The van der Waals surface area contributed by atoms with Gasteiger partial charge in [0.25, 0.3) is 0 Å². The van der Waals surface area contributed by atoms with Gasteiger partial charge in [-0.2, -0.15) is 4.31 Å². The molecule has 5 nitrogen and oxygen atoms in total. The van der Waals surface area contributed by atoms with Crippen LogP contribution in [0, 0.1) is 12.3 Å². The van der Waals surface area contributed by atoms with Crippen molar-refractivity contribution in [2.75, 3.05) is 33.3 Å². The van der Waals surface area contributed by atoms with E-state index in [-0.39, 0.29) is 11.4 Å². The second-order valence-corrected chi connectivity index (χ2v) is 6.58. The van der Waals surface area contributed by atoms with Crippen LogP contribution < -0.4 is 10.1 Å². The first kappa shape index (κ1) is 17.5. The first-order valence-corrected chi connectivity index (χ1v) is 8.29. The number of rotatable bonds is 9. The second-order valence-electron chi connectivity index (χ2n) is 4.54. The number of terminal acetylenes is 1. The molecule has 0 heterocycles. The van der Waals surface area contributed by atoms with Crippen molar-refractivity contribution >= 4 is 10.0 Å². The van der Waals surface area contributed by atoms with Crippen molar-refractivity contribution in [2.24, 2.45) is 0 Å². The summed E-state index contributed by atoms with van der Waals surface area (Å²) in [5.74, 6) is 2.96. The normalized spacial score (nSPS) is 11.3. The number of ether oxygens (including phenoxy) is 1. The average Bonchev–Trinajstić information content (AvgIpc) is 2.48. The molecule has 0 fully saturated rings. The van der Waals surface area contributed by atoms with Crippen LogP contribution in [0.1, 0.15) is 13.3 Å². The summed E-state index contributed by atoms with van der Waals surface area (Å²) in [6, 6.07) is 6.35. The number of hydrogen-bond donors (Lipinski definition) is 1. The Balaban J connectivity index is 2.60. The Morgan fingerprint density at radius 3 is 2.52 bits per heavy atom. The van der Waals surface area contributed by atoms with Gasteiger partial charge in [0.05, 0.1) is 11.4 Å². The van der Waals surface area contributed by atoms with Crippen LogP contribution in [0.15, 0.2) is 29.2 Å². The number of nitrogens with zero attached hydrogens (tertiary/aromatic N) is 1. The maximum atomic E-state index is 12.1. The molecule has 0 saturated carbocycles. The lowest BCUT2D eigenvalue weighted by atomic mass is 10.3. The maximum absolute atomic E-state index is 12.1. The van der Waals surface area contributed by atoms with Crippen molar-refractivity contribution in [3.63, 3.8) is 0 Å². The number of hydrogen-bond acceptors (Lipinski definition) is 4. The van der Waals surface area contributed by atoms with E-state index >= 15 is 0 Å². The fourth-order valence-electron chi connectivity index (χ4n) is 1.64. The quantitative estimate of drug-likeness (QED) is 0.552. The third-order valence-corrected chi connectivity index (χ3v) is 4.64. The molecule has 0 aromatic heterocycles. The highest BCUT2D eigenvalue weighted by atomic mass is 32.2. The topological polar surface area (TPSA) is 58.6 Å². The van der Waals surface area contributed by atoms with Crippen molar-refractivity contribution in [1.82, 2.24) is 9.62 Å². The molecular formula is C15H22N2O3S. The van der Waals surface area contributed by atoms with Crippen LogP contribution in [0.4, 0.5) is 0 Å². The lowest BCUT2D eigenvalue weighted by molar-refractivity contribution is 0.314. The molecule has 116 valence electrons. The fraction of sp³-hybridized carbons (Fsp3) is 0.467. The summed E-state index contributed by atoms with van der Waals surface area (Å²) in [4.78, 5) is 0.205. The van der Waals surface area contributed by atoms with E-state index in [1.807, 2.05) is 0 Å². The second kappa shape index (κ2) is 8.67. The van der Waals surface area contributed by atoms with Gasteiger partial charge in [-0.3, -0.25) is 0 Å². The molecular weight excluding hydrogens is 288 g/mol. The summed E-state index contributed by atoms with van der Waals surface area (Å²) < 4.78 is 31.0. The largest absolute Gasteiger partial charge is 0.492 e. The fourth-order valence-corrected chi connectivity index (χ4v) is 2.73. The van der Waals surface area contributed by atoms with Gasteiger partial charge in [-0.1, -0.05) is 12.8 Å². The standard InChI is InChI=1S/C15H22N2O3S/c1-4-10-16-11-13-20-14-6-8-15(9-7-14)21(18,19)17(3)12-5-2/h2,6-9,16H,4,10-13H2,1,3H3. The van der Waals surface area contributed by atoms with Crippen LogP contribution in [-0.4, -0.2) is 46.0 Å². The summed E-state index contributed by atoms with van der Waals surface area (Å²) in [6.07, 6.45) is 6.22. The molecule has 0 atom stereocenters. The van der Waals surface area contributed by atoms with Crippen LogP contribution in [0.2, 0.25) is 0 Å². The highest BCUT2D eigenvalue weighted by Gasteiger charge is 2.19. The van der Waals surface area contributed by atoms with Gasteiger partial charge in [-0.05, 0) is 37.2 Å². The van der Waals surface area contributed by atoms with Crippen molar-refractivity contribution in [2.45, 2.75) is 18.2 Å². The molecule has 1 N–H and O–H groups in total. The van der Waals surface area contributed by atoms with Gasteiger partial charge in [0.15, 0.2) is 0 Å². The van der Waals surface area contributed by atoms with E-state index in [1.165, 1.54) is 19.2 Å². The molecule has 0 aliphatic heterocycles. The summed E-state index contributed by atoms with van der Waals surface area (Å²) in [5.41, 5.74) is 0. The molecule has 0 radical (unpaired) electrons. The van der Waals surface area contributed by atoms with Crippen LogP contribution in [0.25, 0.3) is 0 Å². The molecule has 0 spiro atoms. The minimum absolute atomic E-state index is 0.0453. The SMILES string of the molecule is C#CCN(C)S(=O)(=O)c1ccc(OCCNCCC)cc1. The maximum Gasteiger partial charge on any atom is 0.243 e. The molecule has 0 saturated heterocycles. The molecule has 0 aliphatic carbocycles. The van der Waals surface area contributed by atoms with E-state index < -0.39 is 10.0 Å². The van der Waals surface area contributed by atoms with Gasteiger partial charge >= 0.3 is 0 Å². The van der Waals surface area contributed by atoms with Gasteiger partial charge < -0.3 is 10.1 Å². The first-order chi connectivity index (χ1) is 10.0. The van der Waals surface area contributed by atoms with Crippen LogP contribution in [0.3, 0.4) is 0 Å². The lowest BCUT2D eigenvalue weighted by Gasteiger charge is -2.14. The Kier molecular flexibility index (Phi) is 7.23. The Bertz CT molecular complexity index is 562. The van der Waals surface area contributed by atoms with E-state index in [9.17, 15) is 8.42 Å². The summed E-state index contributed by atoms with van der Waals surface area (Å²) >= 11 is 0. The molecule has 1 aromatic rings. The van der Waals surface area contributed by atoms with Gasteiger partial charge in [0.1, 0.15) is 12.4 Å². The smallest absolute Gasteiger partial charge is 0.243 e. The minimum Gasteiger partial charge on any atom is -0.492 e. The molecule has 0 bridgehead atoms. The Hall–Kier alpha value is -1.55. The molecule has 21 heavy (non-hydrogen) atoms. The van der Waals surface area contributed by atoms with E-state index in [1.54, 1.807) is 12.1 Å². The zero-order valence-electron chi connectivity index (χ0n) is 12.5. The zero-order valence-corrected chi connectivity index (χ0v) is 13.3. The Labute approximate surface area is 127 Å². The average molecular weight is 310 g/mol. The van der Waals surface area contributed by atoms with Gasteiger partial charge in [0, 0.05) is 13.6 Å². The van der Waals surface area contributed by atoms with Gasteiger partial charge in [-0.25, -0.2) is 8.42 Å². The number of nitrogens with one attached hydrogen (secondary N) is 1. The zero-order chi connectivity index (χ0) is 15.7. The molecule has 0 unspecified atom stereocenters. The first-order valence-electron chi connectivity index (χ1n) is 6.85. The minimum atomic E-state index is -3.53. The van der Waals surface area contributed by atoms with E-state index in [4.69, 9.17) is 11.2 Å². The monoisotopic (exact) mass is 310 g/mol. The molecule has 1 aromatic carbocycles. The van der Waals surface area contributed by atoms with Crippen molar-refractivity contribution in [3.8, 4) is 18.1 Å². The van der Waals surface area contributed by atoms with E-state index in [0.717, 1.165) is 23.8 Å². The van der Waals surface area contributed by atoms with E-state index in [2.05, 4.69) is 18.2 Å². The molecule has 1 rings (SSSR count). The Morgan fingerprint density at radius 1 is 1.29 bits per heavy atom. The van der Waals surface area contributed by atoms with Crippen LogP contribution >= 0.6 is 0 Å². The lowest BCUT2D eigenvalue weighted by Crippen LogP contribution is -2.27. The van der Waals surface area contributed by atoms with Crippen molar-refractivity contribution < 1.29 is 13.2 Å². The van der Waals surface area contributed by atoms with Gasteiger partial charge in [0.2, 0.25) is 10.0 Å². The van der Waals surface area contributed by atoms with Crippen molar-refractivity contribution in [3.05, 3.63) is 24.3 Å². The molecule has 0 amide bonds. The molecule has 6 heteroatoms. The van der Waals surface area contributed by atoms with Crippen LogP contribution in [-0.2, 0) is 10.0 Å². The summed E-state index contributed by atoms with van der Waals surface area (Å²) in [7, 11) is -2.07. The predicted octanol–water partition coefficient (Wildman–Crippen LogP) is 1.32. The van der Waals surface area contributed by atoms with Gasteiger partial charge in [-0.15, -0.1) is 6.42 Å². The highest BCUT2D eigenvalue weighted by molar-refractivity contribution is 7.89. The van der Waals surface area contributed by atoms with Crippen molar-refractivity contribution in [1.29, 1.82) is 0 Å². The summed E-state index contributed by atoms with van der Waals surface area (Å²) in [5, 5.41) is 3.22.